The van der Waals surface area contributed by atoms with Crippen LogP contribution in [0.3, 0.4) is 0 Å². The van der Waals surface area contributed by atoms with Crippen molar-refractivity contribution in [3.05, 3.63) is 76.2 Å². The zero-order chi connectivity index (χ0) is 28.4. The number of rotatable bonds is 9. The van der Waals surface area contributed by atoms with Crippen LogP contribution in [-0.4, -0.2) is 53.9 Å². The first-order valence-electron chi connectivity index (χ1n) is 12.2. The van der Waals surface area contributed by atoms with E-state index in [0.717, 1.165) is 24.2 Å². The van der Waals surface area contributed by atoms with Crippen LogP contribution in [0.4, 0.5) is 30.4 Å². The van der Waals surface area contributed by atoms with Crippen molar-refractivity contribution >= 4 is 40.6 Å². The van der Waals surface area contributed by atoms with Crippen LogP contribution in [0.25, 0.3) is 0 Å². The van der Waals surface area contributed by atoms with Crippen LogP contribution in [0.5, 0.6) is 0 Å². The number of hydrogen-bond acceptors (Lipinski definition) is 6. The van der Waals surface area contributed by atoms with Crippen molar-refractivity contribution in [1.29, 1.82) is 0 Å². The summed E-state index contributed by atoms with van der Waals surface area (Å²) in [4.78, 5) is 36.8. The Hall–Kier alpha value is -3.70. The van der Waals surface area contributed by atoms with Gasteiger partial charge in [-0.3, -0.25) is 9.59 Å². The molecule has 4 rings (SSSR count). The van der Waals surface area contributed by atoms with Crippen molar-refractivity contribution in [3.8, 4) is 0 Å². The Morgan fingerprint density at radius 3 is 2.46 bits per heavy atom. The van der Waals surface area contributed by atoms with Gasteiger partial charge in [0.05, 0.1) is 21.7 Å². The van der Waals surface area contributed by atoms with Gasteiger partial charge in [0.1, 0.15) is 12.1 Å². The Bertz CT molecular complexity index is 1390. The highest BCUT2D eigenvalue weighted by molar-refractivity contribution is 6.31. The van der Waals surface area contributed by atoms with Crippen LogP contribution >= 0.6 is 11.6 Å². The zero-order valence-electron chi connectivity index (χ0n) is 21.6. The first-order valence-corrected chi connectivity index (χ1v) is 12.6. The predicted molar refractivity (Wildman–Crippen MR) is 144 cm³/mol. The lowest BCUT2D eigenvalue weighted by atomic mass is 10.00. The summed E-state index contributed by atoms with van der Waals surface area (Å²) in [5, 5.41) is 8.14. The number of halogens is 4. The van der Waals surface area contributed by atoms with Gasteiger partial charge in [0.25, 0.3) is 5.91 Å². The number of amides is 2. The number of carbonyl (C=O) groups is 2. The van der Waals surface area contributed by atoms with Gasteiger partial charge in [-0.25, -0.2) is 9.97 Å². The van der Waals surface area contributed by atoms with E-state index in [-0.39, 0.29) is 17.2 Å². The van der Waals surface area contributed by atoms with Gasteiger partial charge in [0.2, 0.25) is 5.91 Å². The van der Waals surface area contributed by atoms with Gasteiger partial charge < -0.3 is 20.9 Å². The molecule has 1 aliphatic carbocycles. The molecular weight excluding hydrogens is 533 g/mol. The largest absolute Gasteiger partial charge is 0.417 e. The number of nitrogens with one attached hydrogen (secondary N) is 3. The molecule has 0 unspecified atom stereocenters. The topological polar surface area (TPSA) is 99.2 Å². The van der Waals surface area contributed by atoms with Crippen LogP contribution in [-0.2, 0) is 16.4 Å². The smallest absolute Gasteiger partial charge is 0.369 e. The van der Waals surface area contributed by atoms with E-state index in [2.05, 4.69) is 25.9 Å². The minimum atomic E-state index is -4.66. The van der Waals surface area contributed by atoms with Crippen LogP contribution in [0.1, 0.15) is 40.0 Å². The quantitative estimate of drug-likeness (QED) is 0.326. The number of anilines is 3. The second-order valence-electron chi connectivity index (χ2n) is 9.73. The molecule has 0 spiro atoms. The molecule has 206 valence electrons. The molecule has 2 aromatic carbocycles. The number of nitrogens with zero attached hydrogens (tertiary/aromatic N) is 3. The summed E-state index contributed by atoms with van der Waals surface area (Å²) in [5.74, 6) is -0.258. The third-order valence-electron chi connectivity index (χ3n) is 6.48. The fourth-order valence-electron chi connectivity index (χ4n) is 4.01. The van der Waals surface area contributed by atoms with E-state index in [1.807, 2.05) is 19.0 Å². The fourth-order valence-corrected chi connectivity index (χ4v) is 4.24. The van der Waals surface area contributed by atoms with E-state index in [0.29, 0.717) is 36.6 Å². The third-order valence-corrected chi connectivity index (χ3v) is 6.81. The highest BCUT2D eigenvalue weighted by Gasteiger charge is 2.53. The molecule has 1 heterocycles. The number of benzene rings is 2. The minimum absolute atomic E-state index is 0.0569. The average molecular weight is 561 g/mol. The van der Waals surface area contributed by atoms with E-state index in [4.69, 9.17) is 11.6 Å². The molecule has 12 heteroatoms. The van der Waals surface area contributed by atoms with Crippen molar-refractivity contribution in [1.82, 2.24) is 14.9 Å². The Kier molecular flexibility index (Phi) is 8.12. The van der Waals surface area contributed by atoms with Crippen molar-refractivity contribution in [2.75, 3.05) is 43.1 Å². The molecule has 1 aliphatic rings. The maximum atomic E-state index is 13.4. The maximum absolute atomic E-state index is 13.4. The molecule has 1 saturated carbocycles. The SMILES string of the molecule is Cc1ccc(C(=O)Nc2ccc(Cl)c(C(F)(F)F)c2)cc1NC(=O)C1(c2cc(NCCN(C)C)ncn2)CC1. The lowest BCUT2D eigenvalue weighted by molar-refractivity contribution is -0.137. The number of carbonyl (C=O) groups excluding carboxylic acids is 2. The number of hydrogen-bond donors (Lipinski definition) is 3. The average Bonchev–Trinajstić information content (AvgIpc) is 3.68. The predicted octanol–water partition coefficient (Wildman–Crippen LogP) is 5.35. The molecule has 0 radical (unpaired) electrons. The standard InChI is InChI=1S/C27H28ClF3N6O2/c1-16-4-5-17(24(38)35-18-6-7-20(28)19(13-18)27(29,30)31)12-21(16)36-25(39)26(8-9-26)22-14-23(34-15-33-22)32-10-11-37(2)3/h4-7,12-15H,8-11H2,1-3H3,(H,35,38)(H,36,39)(H,32,33,34). The third kappa shape index (κ3) is 6.66. The summed E-state index contributed by atoms with van der Waals surface area (Å²) >= 11 is 5.66. The van der Waals surface area contributed by atoms with E-state index in [1.54, 1.807) is 19.1 Å². The highest BCUT2D eigenvalue weighted by Crippen LogP contribution is 2.48. The summed E-state index contributed by atoms with van der Waals surface area (Å²) in [5.41, 5.74) is 0.00602. The van der Waals surface area contributed by atoms with Gasteiger partial charge in [-0.05, 0) is 69.8 Å². The Morgan fingerprint density at radius 1 is 1.05 bits per heavy atom. The first-order chi connectivity index (χ1) is 18.4. The normalized spacial score (nSPS) is 14.2. The van der Waals surface area contributed by atoms with Crippen molar-refractivity contribution in [2.24, 2.45) is 0 Å². The summed E-state index contributed by atoms with van der Waals surface area (Å²) in [6.45, 7) is 3.28. The van der Waals surface area contributed by atoms with Crippen LogP contribution in [0.2, 0.25) is 5.02 Å². The zero-order valence-corrected chi connectivity index (χ0v) is 22.4. The van der Waals surface area contributed by atoms with Crippen molar-refractivity contribution < 1.29 is 22.8 Å². The lowest BCUT2D eigenvalue weighted by Crippen LogP contribution is -2.29. The summed E-state index contributed by atoms with van der Waals surface area (Å²) in [6, 6.07) is 9.60. The summed E-state index contributed by atoms with van der Waals surface area (Å²) in [6.07, 6.45) is -2.00. The maximum Gasteiger partial charge on any atom is 0.417 e. The Labute approximate surface area is 229 Å². The van der Waals surface area contributed by atoms with Crippen LogP contribution in [0, 0.1) is 6.92 Å². The van der Waals surface area contributed by atoms with Gasteiger partial charge >= 0.3 is 6.18 Å². The molecule has 3 N–H and O–H groups in total. The number of alkyl halides is 3. The van der Waals surface area contributed by atoms with Crippen molar-refractivity contribution in [3.63, 3.8) is 0 Å². The van der Waals surface area contributed by atoms with E-state index < -0.39 is 28.1 Å². The summed E-state index contributed by atoms with van der Waals surface area (Å²) < 4.78 is 39.6. The van der Waals surface area contributed by atoms with Gasteiger partial charge in [-0.2, -0.15) is 13.2 Å². The van der Waals surface area contributed by atoms with E-state index in [1.165, 1.54) is 24.5 Å². The molecule has 1 fully saturated rings. The second-order valence-corrected chi connectivity index (χ2v) is 10.1. The molecular formula is C27H28ClF3N6O2. The Morgan fingerprint density at radius 2 is 1.79 bits per heavy atom. The second kappa shape index (κ2) is 11.2. The van der Waals surface area contributed by atoms with Crippen LogP contribution < -0.4 is 16.0 Å². The molecule has 0 aliphatic heterocycles. The van der Waals surface area contributed by atoms with Gasteiger partial charge in [-0.15, -0.1) is 0 Å². The van der Waals surface area contributed by atoms with E-state index in [9.17, 15) is 22.8 Å². The lowest BCUT2D eigenvalue weighted by Gasteiger charge is -2.18. The molecule has 2 amide bonds. The van der Waals surface area contributed by atoms with Gasteiger partial charge in [0, 0.05) is 36.1 Å². The number of likely N-dealkylation sites (N-methyl/N-ethyl adjacent to an activating group) is 1. The monoisotopic (exact) mass is 560 g/mol. The summed E-state index contributed by atoms with van der Waals surface area (Å²) in [7, 11) is 3.94. The number of aryl methyl sites for hydroxylation is 1. The van der Waals surface area contributed by atoms with Crippen molar-refractivity contribution in [2.45, 2.75) is 31.4 Å². The molecule has 0 bridgehead atoms. The molecule has 0 atom stereocenters. The molecule has 8 nitrogen and oxygen atoms in total. The molecule has 3 aromatic rings. The fraction of sp³-hybridized carbons (Fsp3) is 0.333. The molecule has 1 aromatic heterocycles. The van der Waals surface area contributed by atoms with Gasteiger partial charge in [0.15, 0.2) is 0 Å². The molecule has 0 saturated heterocycles. The van der Waals surface area contributed by atoms with E-state index >= 15 is 0 Å². The minimum Gasteiger partial charge on any atom is -0.369 e. The number of aromatic nitrogens is 2. The van der Waals surface area contributed by atoms with Gasteiger partial charge in [-0.1, -0.05) is 17.7 Å². The highest BCUT2D eigenvalue weighted by atomic mass is 35.5. The Balaban J connectivity index is 1.48. The molecule has 39 heavy (non-hydrogen) atoms. The first kappa shape index (κ1) is 28.3. The van der Waals surface area contributed by atoms with Crippen LogP contribution in [0.15, 0.2) is 48.8 Å².